The number of nitrogens with zero attached hydrogens (tertiary/aromatic N) is 1. The molecule has 1 N–H and O–H groups in total. The summed E-state index contributed by atoms with van der Waals surface area (Å²) >= 11 is 1.84. The van der Waals surface area contributed by atoms with E-state index in [0.717, 1.165) is 19.5 Å². The highest BCUT2D eigenvalue weighted by Gasteiger charge is 2.41. The number of nitrogens with one attached hydrogen (secondary N) is 1. The van der Waals surface area contributed by atoms with Crippen molar-refractivity contribution in [2.75, 3.05) is 33.4 Å². The SMILES string of the molecule is COCCNCC(=O)N1CCc2sccc2C1C1CC1. The van der Waals surface area contributed by atoms with Crippen molar-refractivity contribution in [3.05, 3.63) is 21.9 Å². The molecule has 0 radical (unpaired) electrons. The lowest BCUT2D eigenvalue weighted by atomic mass is 9.96. The van der Waals surface area contributed by atoms with Crippen molar-refractivity contribution in [2.24, 2.45) is 5.92 Å². The number of ether oxygens (including phenoxy) is 1. The van der Waals surface area contributed by atoms with E-state index in [4.69, 9.17) is 4.74 Å². The number of carbonyl (C=O) groups is 1. The fourth-order valence-corrected chi connectivity index (χ4v) is 3.93. The molecule has 1 fully saturated rings. The van der Waals surface area contributed by atoms with Gasteiger partial charge in [0.05, 0.1) is 19.2 Å². The Labute approximate surface area is 124 Å². The van der Waals surface area contributed by atoms with Crippen LogP contribution in [0.2, 0.25) is 0 Å². The van der Waals surface area contributed by atoms with Crippen molar-refractivity contribution in [1.29, 1.82) is 0 Å². The van der Waals surface area contributed by atoms with Crippen LogP contribution in [-0.4, -0.2) is 44.2 Å². The van der Waals surface area contributed by atoms with Gasteiger partial charge in [-0.25, -0.2) is 0 Å². The molecule has 110 valence electrons. The van der Waals surface area contributed by atoms with Gasteiger partial charge in [0.25, 0.3) is 0 Å². The Bertz CT molecular complexity index is 470. The van der Waals surface area contributed by atoms with E-state index in [0.29, 0.717) is 25.1 Å². The molecule has 1 aromatic heterocycles. The van der Waals surface area contributed by atoms with E-state index in [9.17, 15) is 4.79 Å². The quantitative estimate of drug-likeness (QED) is 0.814. The summed E-state index contributed by atoms with van der Waals surface area (Å²) in [6.07, 6.45) is 3.54. The summed E-state index contributed by atoms with van der Waals surface area (Å²) in [7, 11) is 1.68. The van der Waals surface area contributed by atoms with Gasteiger partial charge in [-0.1, -0.05) is 0 Å². The van der Waals surface area contributed by atoms with E-state index >= 15 is 0 Å². The first kappa shape index (κ1) is 14.0. The summed E-state index contributed by atoms with van der Waals surface area (Å²) < 4.78 is 4.99. The average molecular weight is 294 g/mol. The molecule has 0 spiro atoms. The number of hydrogen-bond acceptors (Lipinski definition) is 4. The zero-order valence-electron chi connectivity index (χ0n) is 11.9. The largest absolute Gasteiger partial charge is 0.383 e. The van der Waals surface area contributed by atoms with Gasteiger partial charge in [0, 0.05) is 25.1 Å². The number of carbonyl (C=O) groups excluding carboxylic acids is 1. The Morgan fingerprint density at radius 3 is 3.15 bits per heavy atom. The number of hydrogen-bond donors (Lipinski definition) is 1. The molecule has 20 heavy (non-hydrogen) atoms. The molecule has 1 aromatic rings. The van der Waals surface area contributed by atoms with Gasteiger partial charge in [0.2, 0.25) is 5.91 Å². The lowest BCUT2D eigenvalue weighted by molar-refractivity contribution is -0.133. The summed E-state index contributed by atoms with van der Waals surface area (Å²) in [5.74, 6) is 0.918. The second-order valence-corrected chi connectivity index (χ2v) is 6.59. The molecule has 1 aliphatic heterocycles. The molecule has 0 saturated heterocycles. The van der Waals surface area contributed by atoms with Gasteiger partial charge in [-0.2, -0.15) is 0 Å². The van der Waals surface area contributed by atoms with Crippen LogP contribution in [0.5, 0.6) is 0 Å². The average Bonchev–Trinajstić information content (AvgIpc) is 3.18. The number of amides is 1. The van der Waals surface area contributed by atoms with Crippen LogP contribution in [0, 0.1) is 5.92 Å². The summed E-state index contributed by atoms with van der Waals surface area (Å²) in [5.41, 5.74) is 1.41. The maximum atomic E-state index is 12.5. The molecule has 0 bridgehead atoms. The number of fused-ring (bicyclic) bond motifs is 1. The molecular weight excluding hydrogens is 272 g/mol. The van der Waals surface area contributed by atoms with E-state index in [1.165, 1.54) is 23.3 Å². The molecular formula is C15H22N2O2S. The van der Waals surface area contributed by atoms with Crippen LogP contribution < -0.4 is 5.32 Å². The van der Waals surface area contributed by atoms with Gasteiger partial charge in [-0.05, 0) is 42.2 Å². The molecule has 2 heterocycles. The summed E-state index contributed by atoms with van der Waals surface area (Å²) in [6.45, 7) is 2.67. The zero-order chi connectivity index (χ0) is 13.9. The van der Waals surface area contributed by atoms with Crippen molar-refractivity contribution in [1.82, 2.24) is 10.2 Å². The first-order valence-electron chi connectivity index (χ1n) is 7.36. The highest BCUT2D eigenvalue weighted by Crippen LogP contribution is 2.48. The van der Waals surface area contributed by atoms with Crippen LogP contribution in [0.25, 0.3) is 0 Å². The summed E-state index contributed by atoms with van der Waals surface area (Å²) in [6, 6.07) is 2.56. The molecule has 0 aromatic carbocycles. The Balaban J connectivity index is 1.65. The smallest absolute Gasteiger partial charge is 0.237 e. The number of methoxy groups -OCH3 is 1. The predicted octanol–water partition coefficient (Wildman–Crippen LogP) is 1.82. The lowest BCUT2D eigenvalue weighted by Crippen LogP contribution is -2.45. The first-order valence-corrected chi connectivity index (χ1v) is 8.24. The van der Waals surface area contributed by atoms with Gasteiger partial charge in [0.15, 0.2) is 0 Å². The van der Waals surface area contributed by atoms with Crippen LogP contribution in [0.3, 0.4) is 0 Å². The number of rotatable bonds is 6. The minimum Gasteiger partial charge on any atom is -0.383 e. The van der Waals surface area contributed by atoms with Gasteiger partial charge in [0.1, 0.15) is 0 Å². The second kappa shape index (κ2) is 6.24. The molecule has 1 unspecified atom stereocenters. The molecule has 1 atom stereocenters. The lowest BCUT2D eigenvalue weighted by Gasteiger charge is -2.36. The monoisotopic (exact) mass is 294 g/mol. The minimum atomic E-state index is 0.231. The first-order chi connectivity index (χ1) is 9.81. The molecule has 1 saturated carbocycles. The fourth-order valence-electron chi connectivity index (χ4n) is 3.02. The van der Waals surface area contributed by atoms with Crippen LogP contribution in [-0.2, 0) is 16.0 Å². The van der Waals surface area contributed by atoms with Crippen molar-refractivity contribution < 1.29 is 9.53 Å². The van der Waals surface area contributed by atoms with E-state index < -0.39 is 0 Å². The van der Waals surface area contributed by atoms with Gasteiger partial charge >= 0.3 is 0 Å². The van der Waals surface area contributed by atoms with Crippen molar-refractivity contribution >= 4 is 17.2 Å². The Morgan fingerprint density at radius 2 is 2.40 bits per heavy atom. The van der Waals surface area contributed by atoms with Crippen LogP contribution in [0.1, 0.15) is 29.3 Å². The van der Waals surface area contributed by atoms with E-state index in [1.54, 1.807) is 7.11 Å². The van der Waals surface area contributed by atoms with Crippen LogP contribution in [0.4, 0.5) is 0 Å². The second-order valence-electron chi connectivity index (χ2n) is 5.59. The normalized spacial score (nSPS) is 21.9. The molecule has 2 aliphatic rings. The van der Waals surface area contributed by atoms with Crippen molar-refractivity contribution in [3.8, 4) is 0 Å². The van der Waals surface area contributed by atoms with Crippen molar-refractivity contribution in [3.63, 3.8) is 0 Å². The predicted molar refractivity (Wildman–Crippen MR) is 79.9 cm³/mol. The zero-order valence-corrected chi connectivity index (χ0v) is 12.7. The summed E-state index contributed by atoms with van der Waals surface area (Å²) in [4.78, 5) is 16.0. The topological polar surface area (TPSA) is 41.6 Å². The van der Waals surface area contributed by atoms with Crippen molar-refractivity contribution in [2.45, 2.75) is 25.3 Å². The fraction of sp³-hybridized carbons (Fsp3) is 0.667. The third kappa shape index (κ3) is 2.90. The van der Waals surface area contributed by atoms with Gasteiger partial charge in [-0.15, -0.1) is 11.3 Å². The third-order valence-electron chi connectivity index (χ3n) is 4.16. The Hall–Kier alpha value is -0.910. The van der Waals surface area contributed by atoms with E-state index in [-0.39, 0.29) is 5.91 Å². The maximum absolute atomic E-state index is 12.5. The van der Waals surface area contributed by atoms with Crippen LogP contribution in [0.15, 0.2) is 11.4 Å². The third-order valence-corrected chi connectivity index (χ3v) is 5.16. The Morgan fingerprint density at radius 1 is 1.55 bits per heavy atom. The van der Waals surface area contributed by atoms with E-state index in [2.05, 4.69) is 21.7 Å². The summed E-state index contributed by atoms with van der Waals surface area (Å²) in [5, 5.41) is 5.34. The van der Waals surface area contributed by atoms with E-state index in [1.807, 2.05) is 11.3 Å². The molecule has 3 rings (SSSR count). The molecule has 1 amide bonds. The Kier molecular flexibility index (Phi) is 4.38. The molecule has 4 nitrogen and oxygen atoms in total. The maximum Gasteiger partial charge on any atom is 0.237 e. The molecule has 5 heteroatoms. The van der Waals surface area contributed by atoms with Gasteiger partial charge in [-0.3, -0.25) is 4.79 Å². The highest BCUT2D eigenvalue weighted by atomic mass is 32.1. The highest BCUT2D eigenvalue weighted by molar-refractivity contribution is 7.10. The number of thiophene rings is 1. The molecule has 1 aliphatic carbocycles. The standard InChI is InChI=1S/C15H22N2O2S/c1-19-8-6-16-10-14(18)17-7-4-13-12(5-9-20-13)15(17)11-2-3-11/h5,9,11,15-16H,2-4,6-8,10H2,1H3. The van der Waals surface area contributed by atoms with Gasteiger partial charge < -0.3 is 15.0 Å². The van der Waals surface area contributed by atoms with Crippen LogP contribution >= 0.6 is 11.3 Å². The minimum absolute atomic E-state index is 0.231.